The van der Waals surface area contributed by atoms with Gasteiger partial charge in [-0.3, -0.25) is 4.99 Å². The van der Waals surface area contributed by atoms with Crippen molar-refractivity contribution in [2.24, 2.45) is 10.9 Å². The van der Waals surface area contributed by atoms with Crippen LogP contribution in [0.4, 0.5) is 0 Å². The number of hydrogen-bond donors (Lipinski definition) is 2. The summed E-state index contributed by atoms with van der Waals surface area (Å²) in [6, 6.07) is 8.37. The lowest BCUT2D eigenvalue weighted by Crippen LogP contribution is -2.38. The van der Waals surface area contributed by atoms with E-state index >= 15 is 0 Å². The number of benzene rings is 1. The molecule has 0 amide bonds. The van der Waals surface area contributed by atoms with Gasteiger partial charge in [-0.05, 0) is 30.4 Å². The van der Waals surface area contributed by atoms with Crippen LogP contribution >= 0.6 is 0 Å². The predicted octanol–water partition coefficient (Wildman–Crippen LogP) is 2.97. The van der Waals surface area contributed by atoms with Crippen LogP contribution < -0.4 is 10.6 Å². The van der Waals surface area contributed by atoms with Crippen LogP contribution in [0, 0.1) is 5.92 Å². The zero-order chi connectivity index (χ0) is 19.7. The van der Waals surface area contributed by atoms with Crippen molar-refractivity contribution < 1.29 is 14.2 Å². The minimum atomic E-state index is 0.599. The summed E-state index contributed by atoms with van der Waals surface area (Å²) in [6.07, 6.45) is 1.10. The van der Waals surface area contributed by atoms with E-state index in [4.69, 9.17) is 14.2 Å². The first kappa shape index (κ1) is 23.4. The van der Waals surface area contributed by atoms with Crippen molar-refractivity contribution in [1.29, 1.82) is 0 Å². The van der Waals surface area contributed by atoms with Gasteiger partial charge in [-0.15, -0.1) is 0 Å². The Kier molecular flexibility index (Phi) is 13.4. The largest absolute Gasteiger partial charge is 0.380 e. The molecule has 0 aliphatic heterocycles. The second kappa shape index (κ2) is 15.4. The fourth-order valence-electron chi connectivity index (χ4n) is 2.35. The van der Waals surface area contributed by atoms with Gasteiger partial charge in [-0.1, -0.05) is 38.1 Å². The lowest BCUT2D eigenvalue weighted by atomic mass is 10.1. The predicted molar refractivity (Wildman–Crippen MR) is 111 cm³/mol. The molecule has 1 aromatic carbocycles. The van der Waals surface area contributed by atoms with E-state index in [2.05, 4.69) is 53.7 Å². The maximum atomic E-state index is 5.63. The van der Waals surface area contributed by atoms with Gasteiger partial charge in [0.05, 0.1) is 26.4 Å². The highest BCUT2D eigenvalue weighted by Crippen LogP contribution is 2.06. The molecule has 27 heavy (non-hydrogen) atoms. The third-order valence-corrected chi connectivity index (χ3v) is 3.90. The SMILES string of the molecule is CCOCCOCc1cccc(CNC(=NC)NCCOCCC(C)C)c1. The first-order chi connectivity index (χ1) is 13.2. The fraction of sp³-hybridized carbons (Fsp3) is 0.667. The van der Waals surface area contributed by atoms with Gasteiger partial charge < -0.3 is 24.8 Å². The highest BCUT2D eigenvalue weighted by Gasteiger charge is 2.01. The molecule has 0 aliphatic carbocycles. The molecule has 1 rings (SSSR count). The molecule has 6 heteroatoms. The molecule has 154 valence electrons. The van der Waals surface area contributed by atoms with E-state index in [9.17, 15) is 0 Å². The number of nitrogens with one attached hydrogen (secondary N) is 2. The summed E-state index contributed by atoms with van der Waals surface area (Å²) in [5.74, 6) is 1.46. The van der Waals surface area contributed by atoms with Crippen LogP contribution in [-0.2, 0) is 27.4 Å². The molecular weight excluding hydrogens is 342 g/mol. The number of aliphatic imine (C=N–C) groups is 1. The average molecular weight is 380 g/mol. The van der Waals surface area contributed by atoms with Crippen molar-refractivity contribution in [1.82, 2.24) is 10.6 Å². The molecule has 0 aliphatic rings. The molecule has 0 radical (unpaired) electrons. The molecular formula is C21H37N3O3. The third kappa shape index (κ3) is 12.4. The summed E-state index contributed by atoms with van der Waals surface area (Å²) in [4.78, 5) is 4.25. The molecule has 0 unspecified atom stereocenters. The zero-order valence-corrected chi connectivity index (χ0v) is 17.4. The number of nitrogens with zero attached hydrogens (tertiary/aromatic N) is 1. The Bertz CT molecular complexity index is 521. The summed E-state index contributed by atoms with van der Waals surface area (Å²) in [6.45, 7) is 11.9. The number of guanidine groups is 1. The molecule has 0 heterocycles. The first-order valence-corrected chi connectivity index (χ1v) is 9.91. The van der Waals surface area contributed by atoms with E-state index in [-0.39, 0.29) is 0 Å². The maximum absolute atomic E-state index is 5.63. The fourth-order valence-corrected chi connectivity index (χ4v) is 2.35. The minimum absolute atomic E-state index is 0.599. The second-order valence-corrected chi connectivity index (χ2v) is 6.72. The number of rotatable bonds is 14. The van der Waals surface area contributed by atoms with Gasteiger partial charge in [0.2, 0.25) is 0 Å². The van der Waals surface area contributed by atoms with Crippen LogP contribution in [0.25, 0.3) is 0 Å². The number of hydrogen-bond acceptors (Lipinski definition) is 4. The smallest absolute Gasteiger partial charge is 0.191 e. The molecule has 0 aromatic heterocycles. The standard InChI is InChI=1S/C21H37N3O3/c1-5-25-13-14-27-17-20-8-6-7-19(15-20)16-24-21(22-4)23-10-12-26-11-9-18(2)3/h6-8,15,18H,5,9-14,16-17H2,1-4H3,(H2,22,23,24). The molecule has 6 nitrogen and oxygen atoms in total. The van der Waals surface area contributed by atoms with Gasteiger partial charge in [0.15, 0.2) is 5.96 Å². The van der Waals surface area contributed by atoms with Crippen LogP contribution in [0.1, 0.15) is 38.3 Å². The first-order valence-electron chi connectivity index (χ1n) is 9.91. The lowest BCUT2D eigenvalue weighted by molar-refractivity contribution is 0.0453. The van der Waals surface area contributed by atoms with Gasteiger partial charge >= 0.3 is 0 Å². The molecule has 2 N–H and O–H groups in total. The second-order valence-electron chi connectivity index (χ2n) is 6.72. The van der Waals surface area contributed by atoms with Gasteiger partial charge in [0.1, 0.15) is 0 Å². The third-order valence-electron chi connectivity index (χ3n) is 3.90. The summed E-state index contributed by atoms with van der Waals surface area (Å²) in [5, 5.41) is 6.60. The van der Waals surface area contributed by atoms with Gasteiger partial charge in [0, 0.05) is 33.4 Å². The Labute approximate surface area is 164 Å². The van der Waals surface area contributed by atoms with Crippen LogP contribution in [0.15, 0.2) is 29.3 Å². The number of ether oxygens (including phenoxy) is 3. The van der Waals surface area contributed by atoms with E-state index in [1.165, 1.54) is 5.56 Å². The van der Waals surface area contributed by atoms with E-state index < -0.39 is 0 Å². The van der Waals surface area contributed by atoms with Crippen molar-refractivity contribution in [2.75, 3.05) is 46.6 Å². The highest BCUT2D eigenvalue weighted by atomic mass is 16.5. The molecule has 0 atom stereocenters. The summed E-state index contributed by atoms with van der Waals surface area (Å²) >= 11 is 0. The molecule has 1 aromatic rings. The van der Waals surface area contributed by atoms with Gasteiger partial charge in [0.25, 0.3) is 0 Å². The lowest BCUT2D eigenvalue weighted by Gasteiger charge is -2.13. The monoisotopic (exact) mass is 379 g/mol. The van der Waals surface area contributed by atoms with Crippen molar-refractivity contribution in [3.8, 4) is 0 Å². The maximum Gasteiger partial charge on any atom is 0.191 e. The van der Waals surface area contributed by atoms with Crippen molar-refractivity contribution in [2.45, 2.75) is 40.3 Å². The van der Waals surface area contributed by atoms with Gasteiger partial charge in [-0.2, -0.15) is 0 Å². The Morgan fingerprint density at radius 3 is 2.52 bits per heavy atom. The topological polar surface area (TPSA) is 64.1 Å². The van der Waals surface area contributed by atoms with Crippen molar-refractivity contribution in [3.05, 3.63) is 35.4 Å². The van der Waals surface area contributed by atoms with E-state index in [0.29, 0.717) is 38.9 Å². The Hall–Kier alpha value is -1.63. The molecule has 0 saturated heterocycles. The molecule has 0 bridgehead atoms. The van der Waals surface area contributed by atoms with Crippen LogP contribution in [0.3, 0.4) is 0 Å². The van der Waals surface area contributed by atoms with E-state index in [0.717, 1.165) is 37.7 Å². The minimum Gasteiger partial charge on any atom is -0.380 e. The Balaban J connectivity index is 2.24. The normalized spacial score (nSPS) is 11.8. The average Bonchev–Trinajstić information content (AvgIpc) is 2.67. The van der Waals surface area contributed by atoms with Crippen LogP contribution in [0.5, 0.6) is 0 Å². The quantitative estimate of drug-likeness (QED) is 0.296. The molecule has 0 saturated carbocycles. The Morgan fingerprint density at radius 2 is 1.78 bits per heavy atom. The molecule has 0 fully saturated rings. The van der Waals surface area contributed by atoms with Crippen molar-refractivity contribution in [3.63, 3.8) is 0 Å². The summed E-state index contributed by atoms with van der Waals surface area (Å²) in [5.41, 5.74) is 2.35. The summed E-state index contributed by atoms with van der Waals surface area (Å²) in [7, 11) is 1.78. The molecule has 0 spiro atoms. The van der Waals surface area contributed by atoms with Crippen LogP contribution in [-0.4, -0.2) is 52.6 Å². The van der Waals surface area contributed by atoms with Crippen LogP contribution in [0.2, 0.25) is 0 Å². The van der Waals surface area contributed by atoms with Crippen molar-refractivity contribution >= 4 is 5.96 Å². The van der Waals surface area contributed by atoms with E-state index in [1.54, 1.807) is 7.05 Å². The van der Waals surface area contributed by atoms with E-state index in [1.807, 2.05) is 6.92 Å². The zero-order valence-electron chi connectivity index (χ0n) is 17.4. The highest BCUT2D eigenvalue weighted by molar-refractivity contribution is 5.79. The Morgan fingerprint density at radius 1 is 1.00 bits per heavy atom. The summed E-state index contributed by atoms with van der Waals surface area (Å²) < 4.78 is 16.5. The van der Waals surface area contributed by atoms with Gasteiger partial charge in [-0.25, -0.2) is 0 Å².